The Morgan fingerprint density at radius 2 is 1.95 bits per heavy atom. The van der Waals surface area contributed by atoms with E-state index in [1.165, 1.54) is 0 Å². The first-order chi connectivity index (χ1) is 8.99. The van der Waals surface area contributed by atoms with Crippen molar-refractivity contribution in [1.29, 1.82) is 0 Å². The lowest BCUT2D eigenvalue weighted by Gasteiger charge is -2.20. The van der Waals surface area contributed by atoms with Crippen LogP contribution in [0.2, 0.25) is 5.02 Å². The summed E-state index contributed by atoms with van der Waals surface area (Å²) in [5.41, 5.74) is 0.550. The van der Waals surface area contributed by atoms with Gasteiger partial charge < -0.3 is 14.6 Å². The maximum absolute atomic E-state index is 11.5. The van der Waals surface area contributed by atoms with Crippen molar-refractivity contribution >= 4 is 29.8 Å². The van der Waals surface area contributed by atoms with Crippen LogP contribution in [0.15, 0.2) is 24.3 Å². The smallest absolute Gasteiger partial charge is 0.316 e. The summed E-state index contributed by atoms with van der Waals surface area (Å²) in [5.74, 6) is -3.78. The molecule has 0 spiro atoms. The average molecular weight is 285 g/mol. The summed E-state index contributed by atoms with van der Waals surface area (Å²) in [6, 6.07) is 6.33. The van der Waals surface area contributed by atoms with Gasteiger partial charge in [0.2, 0.25) is 0 Å². The van der Waals surface area contributed by atoms with Gasteiger partial charge in [-0.1, -0.05) is 23.7 Å². The maximum Gasteiger partial charge on any atom is 0.316 e. The van der Waals surface area contributed by atoms with E-state index in [4.69, 9.17) is 16.7 Å². The number of hydrogen-bond acceptors (Lipinski definition) is 4. The third-order valence-corrected chi connectivity index (χ3v) is 3.00. The van der Waals surface area contributed by atoms with Crippen molar-refractivity contribution in [2.45, 2.75) is 12.3 Å². The predicted molar refractivity (Wildman–Crippen MR) is 68.0 cm³/mol. The fourth-order valence-electron chi connectivity index (χ4n) is 1.80. The molecular weight excluding hydrogens is 272 g/mol. The number of ether oxygens (including phenoxy) is 1. The number of methoxy groups -OCH3 is 1. The van der Waals surface area contributed by atoms with Crippen LogP contribution in [0.5, 0.6) is 0 Å². The van der Waals surface area contributed by atoms with Crippen LogP contribution in [-0.4, -0.2) is 30.4 Å². The van der Waals surface area contributed by atoms with Gasteiger partial charge >= 0.3 is 11.9 Å². The van der Waals surface area contributed by atoms with E-state index >= 15 is 0 Å². The molecule has 0 fully saturated rings. The van der Waals surface area contributed by atoms with Gasteiger partial charge in [-0.05, 0) is 17.7 Å². The van der Waals surface area contributed by atoms with Crippen molar-refractivity contribution in [2.75, 3.05) is 7.11 Å². The zero-order valence-electron chi connectivity index (χ0n) is 10.2. The highest BCUT2D eigenvalue weighted by molar-refractivity contribution is 6.30. The van der Waals surface area contributed by atoms with Gasteiger partial charge in [0.25, 0.3) is 0 Å². The number of aldehydes is 1. The van der Waals surface area contributed by atoms with Crippen molar-refractivity contribution < 1.29 is 24.2 Å². The normalized spacial score (nSPS) is 13.4. The highest BCUT2D eigenvalue weighted by Crippen LogP contribution is 2.29. The van der Waals surface area contributed by atoms with E-state index in [2.05, 4.69) is 4.74 Å². The number of carbonyl (C=O) groups is 3. The molecule has 2 unspecified atom stereocenters. The van der Waals surface area contributed by atoms with Gasteiger partial charge in [-0.2, -0.15) is 0 Å². The van der Waals surface area contributed by atoms with E-state index in [1.807, 2.05) is 0 Å². The highest BCUT2D eigenvalue weighted by Gasteiger charge is 2.31. The highest BCUT2D eigenvalue weighted by atomic mass is 35.5. The fraction of sp³-hybridized carbons (Fsp3) is 0.308. The van der Waals surface area contributed by atoms with Gasteiger partial charge in [0.1, 0.15) is 12.2 Å². The van der Waals surface area contributed by atoms with Crippen molar-refractivity contribution in [1.82, 2.24) is 0 Å². The second-order valence-corrected chi connectivity index (χ2v) is 4.38. The summed E-state index contributed by atoms with van der Waals surface area (Å²) < 4.78 is 4.52. The third kappa shape index (κ3) is 4.06. The Hall–Kier alpha value is -1.88. The Balaban J connectivity index is 3.12. The Bertz CT molecular complexity index is 468. The maximum atomic E-state index is 11.5. The van der Waals surface area contributed by atoms with Gasteiger partial charge in [-0.15, -0.1) is 0 Å². The van der Waals surface area contributed by atoms with Gasteiger partial charge in [-0.25, -0.2) is 0 Å². The molecule has 0 amide bonds. The fourth-order valence-corrected chi connectivity index (χ4v) is 1.93. The predicted octanol–water partition coefficient (Wildman–Crippen LogP) is 1.89. The van der Waals surface area contributed by atoms with Crippen LogP contribution in [0, 0.1) is 5.92 Å². The summed E-state index contributed by atoms with van der Waals surface area (Å²) in [6.45, 7) is 0. The molecule has 0 saturated heterocycles. The quantitative estimate of drug-likeness (QED) is 0.490. The molecule has 6 heteroatoms. The first-order valence-electron chi connectivity index (χ1n) is 5.50. The molecule has 1 aromatic rings. The zero-order valence-corrected chi connectivity index (χ0v) is 11.0. The Kier molecular flexibility index (Phi) is 5.51. The number of benzene rings is 1. The van der Waals surface area contributed by atoms with E-state index in [1.54, 1.807) is 24.3 Å². The Labute approximate surface area is 115 Å². The van der Waals surface area contributed by atoms with Crippen molar-refractivity contribution in [3.63, 3.8) is 0 Å². The van der Waals surface area contributed by atoms with E-state index < -0.39 is 23.8 Å². The van der Waals surface area contributed by atoms with E-state index in [0.29, 0.717) is 16.9 Å². The first kappa shape index (κ1) is 15.2. The van der Waals surface area contributed by atoms with Crippen LogP contribution in [0.3, 0.4) is 0 Å². The molecule has 0 saturated carbocycles. The van der Waals surface area contributed by atoms with Gasteiger partial charge in [0.05, 0.1) is 13.5 Å². The molecule has 2 atom stereocenters. The second kappa shape index (κ2) is 6.89. The number of carboxylic acids is 1. The molecule has 0 aliphatic rings. The van der Waals surface area contributed by atoms with Crippen LogP contribution < -0.4 is 0 Å². The summed E-state index contributed by atoms with van der Waals surface area (Å²) >= 11 is 5.75. The lowest BCUT2D eigenvalue weighted by Crippen LogP contribution is -2.26. The molecule has 5 nitrogen and oxygen atoms in total. The number of halogens is 1. The number of aliphatic carboxylic acids is 1. The number of carbonyl (C=O) groups excluding carboxylic acids is 2. The largest absolute Gasteiger partial charge is 0.481 e. The minimum absolute atomic E-state index is 0.347. The molecule has 0 aliphatic heterocycles. The molecule has 102 valence electrons. The van der Waals surface area contributed by atoms with Crippen molar-refractivity contribution in [3.8, 4) is 0 Å². The number of hydrogen-bond donors (Lipinski definition) is 1. The van der Waals surface area contributed by atoms with E-state index in [-0.39, 0.29) is 6.42 Å². The number of carboxylic acid groups (broad SMARTS) is 1. The second-order valence-electron chi connectivity index (χ2n) is 3.94. The monoisotopic (exact) mass is 284 g/mol. The van der Waals surface area contributed by atoms with Crippen LogP contribution in [0.1, 0.15) is 17.9 Å². The molecule has 1 aromatic carbocycles. The molecule has 0 radical (unpaired) electrons. The van der Waals surface area contributed by atoms with Gasteiger partial charge in [0, 0.05) is 10.9 Å². The Morgan fingerprint density at radius 1 is 1.37 bits per heavy atom. The van der Waals surface area contributed by atoms with Crippen LogP contribution in [0.4, 0.5) is 0 Å². The molecule has 0 bridgehead atoms. The van der Waals surface area contributed by atoms with Crippen LogP contribution >= 0.6 is 11.6 Å². The molecule has 0 aliphatic carbocycles. The van der Waals surface area contributed by atoms with Crippen LogP contribution in [0.25, 0.3) is 0 Å². The zero-order chi connectivity index (χ0) is 14.4. The molecule has 0 aromatic heterocycles. The minimum Gasteiger partial charge on any atom is -0.481 e. The summed E-state index contributed by atoms with van der Waals surface area (Å²) in [7, 11) is 1.15. The Morgan fingerprint density at radius 3 is 2.37 bits per heavy atom. The molecule has 0 heterocycles. The van der Waals surface area contributed by atoms with E-state index in [0.717, 1.165) is 7.11 Å². The minimum atomic E-state index is -1.15. The SMILES string of the molecule is COC(=O)C(C=O)C(CC(=O)O)c1ccc(Cl)cc1. The number of rotatable bonds is 6. The van der Waals surface area contributed by atoms with E-state index in [9.17, 15) is 14.4 Å². The summed E-state index contributed by atoms with van der Waals surface area (Å²) in [4.78, 5) is 33.5. The topological polar surface area (TPSA) is 80.7 Å². The molecule has 19 heavy (non-hydrogen) atoms. The third-order valence-electron chi connectivity index (χ3n) is 2.75. The number of esters is 1. The lowest BCUT2D eigenvalue weighted by molar-refractivity contribution is -0.148. The van der Waals surface area contributed by atoms with Crippen LogP contribution in [-0.2, 0) is 19.1 Å². The summed E-state index contributed by atoms with van der Waals surface area (Å²) in [5, 5.41) is 9.39. The van der Waals surface area contributed by atoms with Gasteiger partial charge in [0.15, 0.2) is 0 Å². The van der Waals surface area contributed by atoms with Crippen molar-refractivity contribution in [3.05, 3.63) is 34.9 Å². The lowest BCUT2D eigenvalue weighted by atomic mass is 9.84. The summed E-state index contributed by atoms with van der Waals surface area (Å²) in [6.07, 6.45) is 0.0637. The molecule has 1 N–H and O–H groups in total. The van der Waals surface area contributed by atoms with Gasteiger partial charge in [-0.3, -0.25) is 9.59 Å². The van der Waals surface area contributed by atoms with Crippen molar-refractivity contribution in [2.24, 2.45) is 5.92 Å². The molecule has 1 rings (SSSR count). The first-order valence-corrected chi connectivity index (χ1v) is 5.87. The average Bonchev–Trinajstić information content (AvgIpc) is 2.38. The molecular formula is C13H13ClO5. The standard InChI is InChI=1S/C13H13ClO5/c1-19-13(18)11(7-15)10(6-12(16)17)8-2-4-9(14)5-3-8/h2-5,7,10-11H,6H2,1H3,(H,16,17).